The van der Waals surface area contributed by atoms with Crippen LogP contribution in [0.3, 0.4) is 0 Å². The van der Waals surface area contributed by atoms with Gasteiger partial charge in [0.15, 0.2) is 0 Å². The molecule has 3 rings (SSSR count). The molecule has 2 fully saturated rings. The molecule has 1 amide bonds. The normalized spacial score (nSPS) is 31.2. The van der Waals surface area contributed by atoms with Crippen molar-refractivity contribution in [2.24, 2.45) is 17.8 Å². The monoisotopic (exact) mass is 275 g/mol. The van der Waals surface area contributed by atoms with E-state index in [0.29, 0.717) is 5.92 Å². The van der Waals surface area contributed by atoms with E-state index in [4.69, 9.17) is 0 Å². The summed E-state index contributed by atoms with van der Waals surface area (Å²) in [6, 6.07) is 1.99. The molecule has 2 aliphatic rings. The lowest BCUT2D eigenvalue weighted by atomic mass is 9.84. The smallest absolute Gasteiger partial charge is 0.244 e. The molecule has 2 saturated carbocycles. The van der Waals surface area contributed by atoms with Gasteiger partial charge in [-0.1, -0.05) is 6.42 Å². The topological polar surface area (TPSA) is 46.9 Å². The zero-order valence-electron chi connectivity index (χ0n) is 12.7. The number of hydrogen-bond donors (Lipinski definition) is 1. The minimum Gasteiger partial charge on any atom is -0.352 e. The number of hydrogen-bond acceptors (Lipinski definition) is 2. The molecule has 0 spiro atoms. The van der Waals surface area contributed by atoms with E-state index >= 15 is 0 Å². The lowest BCUT2D eigenvalue weighted by molar-refractivity contribution is -0.125. The maximum Gasteiger partial charge on any atom is 0.244 e. The van der Waals surface area contributed by atoms with Crippen LogP contribution in [0, 0.1) is 24.7 Å². The van der Waals surface area contributed by atoms with Crippen molar-refractivity contribution < 1.29 is 4.79 Å². The summed E-state index contributed by atoms with van der Waals surface area (Å²) in [6.45, 7) is 6.07. The van der Waals surface area contributed by atoms with Gasteiger partial charge in [0.2, 0.25) is 5.91 Å². The molecule has 1 N–H and O–H groups in total. The molecule has 4 nitrogen and oxygen atoms in total. The maximum absolute atomic E-state index is 12.4. The van der Waals surface area contributed by atoms with Gasteiger partial charge in [-0.05, 0) is 63.9 Å². The SMILES string of the molecule is Cc1ccnn1[C@H](C)C(=O)N[C@@H](C)[C@H]1C[C@H]2CC[C@H]1C2. The molecule has 110 valence electrons. The molecule has 2 aliphatic carbocycles. The maximum atomic E-state index is 12.4. The summed E-state index contributed by atoms with van der Waals surface area (Å²) in [7, 11) is 0. The molecule has 1 aromatic rings. The predicted molar refractivity (Wildman–Crippen MR) is 78.2 cm³/mol. The van der Waals surface area contributed by atoms with E-state index < -0.39 is 0 Å². The standard InChI is InChI=1S/C16H25N3O/c1-10-6-7-17-19(10)12(3)16(20)18-11(2)15-9-13-4-5-14(15)8-13/h6-7,11-15H,4-5,8-9H2,1-3H3,(H,18,20)/t11-,12+,13-,14-,15+/m0/s1. The van der Waals surface area contributed by atoms with Crippen molar-refractivity contribution in [3.8, 4) is 0 Å². The van der Waals surface area contributed by atoms with Gasteiger partial charge in [-0.15, -0.1) is 0 Å². The van der Waals surface area contributed by atoms with Crippen LogP contribution in [0.2, 0.25) is 0 Å². The summed E-state index contributed by atoms with van der Waals surface area (Å²) >= 11 is 0. The van der Waals surface area contributed by atoms with Crippen molar-refractivity contribution in [1.29, 1.82) is 0 Å². The number of nitrogens with zero attached hydrogens (tertiary/aromatic N) is 2. The van der Waals surface area contributed by atoms with Crippen LogP contribution in [0.1, 0.15) is 51.3 Å². The summed E-state index contributed by atoms with van der Waals surface area (Å²) in [5, 5.41) is 7.46. The molecule has 20 heavy (non-hydrogen) atoms. The highest BCUT2D eigenvalue weighted by Gasteiger charge is 2.42. The second-order valence-corrected chi connectivity index (χ2v) is 6.73. The van der Waals surface area contributed by atoms with Gasteiger partial charge in [0.25, 0.3) is 0 Å². The first-order valence-electron chi connectivity index (χ1n) is 7.86. The first-order chi connectivity index (χ1) is 9.56. The highest BCUT2D eigenvalue weighted by molar-refractivity contribution is 5.80. The Morgan fingerprint density at radius 3 is 2.75 bits per heavy atom. The molecule has 0 saturated heterocycles. The Kier molecular flexibility index (Phi) is 3.57. The zero-order valence-corrected chi connectivity index (χ0v) is 12.7. The van der Waals surface area contributed by atoms with Crippen LogP contribution in [0.25, 0.3) is 0 Å². The van der Waals surface area contributed by atoms with Gasteiger partial charge < -0.3 is 5.32 Å². The van der Waals surface area contributed by atoms with Gasteiger partial charge in [-0.3, -0.25) is 9.48 Å². The first-order valence-corrected chi connectivity index (χ1v) is 7.86. The lowest BCUT2D eigenvalue weighted by Crippen LogP contribution is -2.43. The second kappa shape index (κ2) is 5.23. The average Bonchev–Trinajstić information content (AvgIpc) is 3.13. The molecule has 1 aromatic heterocycles. The van der Waals surface area contributed by atoms with Crippen molar-refractivity contribution >= 4 is 5.91 Å². The van der Waals surface area contributed by atoms with Crippen molar-refractivity contribution in [2.75, 3.05) is 0 Å². The number of fused-ring (bicyclic) bond motifs is 2. The number of aryl methyl sites for hydroxylation is 1. The molecule has 1 heterocycles. The third kappa shape index (κ3) is 2.36. The van der Waals surface area contributed by atoms with Crippen molar-refractivity contribution in [3.63, 3.8) is 0 Å². The Bertz CT molecular complexity index is 496. The molecular formula is C16H25N3O. The van der Waals surface area contributed by atoms with E-state index in [1.54, 1.807) is 10.9 Å². The molecule has 0 aliphatic heterocycles. The van der Waals surface area contributed by atoms with Gasteiger partial charge in [0.05, 0.1) is 0 Å². The van der Waals surface area contributed by atoms with E-state index in [2.05, 4.69) is 17.3 Å². The summed E-state index contributed by atoms with van der Waals surface area (Å²) in [5.74, 6) is 2.54. The van der Waals surface area contributed by atoms with Crippen LogP contribution in [0.15, 0.2) is 12.3 Å². The highest BCUT2D eigenvalue weighted by Crippen LogP contribution is 2.49. The minimum absolute atomic E-state index is 0.0899. The van der Waals surface area contributed by atoms with Crippen molar-refractivity contribution in [1.82, 2.24) is 15.1 Å². The van der Waals surface area contributed by atoms with Crippen molar-refractivity contribution in [3.05, 3.63) is 18.0 Å². The fraction of sp³-hybridized carbons (Fsp3) is 0.750. The molecule has 0 aromatic carbocycles. The third-order valence-electron chi connectivity index (χ3n) is 5.42. The van der Waals surface area contributed by atoms with Crippen LogP contribution in [0.4, 0.5) is 0 Å². The number of amides is 1. The number of rotatable bonds is 4. The summed E-state index contributed by atoms with van der Waals surface area (Å²) in [5.41, 5.74) is 1.03. The third-order valence-corrected chi connectivity index (χ3v) is 5.42. The Labute approximate surface area is 120 Å². The molecule has 5 atom stereocenters. The van der Waals surface area contributed by atoms with E-state index in [0.717, 1.165) is 17.5 Å². The number of carbonyl (C=O) groups is 1. The number of carbonyl (C=O) groups excluding carboxylic acids is 1. The van der Waals surface area contributed by atoms with E-state index in [9.17, 15) is 4.79 Å². The van der Waals surface area contributed by atoms with Crippen LogP contribution < -0.4 is 5.32 Å². The number of nitrogens with one attached hydrogen (secondary N) is 1. The van der Waals surface area contributed by atoms with E-state index in [1.807, 2.05) is 19.9 Å². The molecular weight excluding hydrogens is 250 g/mol. The van der Waals surface area contributed by atoms with Crippen LogP contribution in [-0.2, 0) is 4.79 Å². The van der Waals surface area contributed by atoms with E-state index in [-0.39, 0.29) is 18.0 Å². The summed E-state index contributed by atoms with van der Waals surface area (Å²) in [4.78, 5) is 12.4. The predicted octanol–water partition coefficient (Wildman–Crippen LogP) is 2.69. The van der Waals surface area contributed by atoms with Gasteiger partial charge in [0.1, 0.15) is 6.04 Å². The van der Waals surface area contributed by atoms with Gasteiger partial charge in [-0.2, -0.15) is 5.10 Å². The van der Waals surface area contributed by atoms with Gasteiger partial charge in [0, 0.05) is 17.9 Å². The number of aromatic nitrogens is 2. The largest absolute Gasteiger partial charge is 0.352 e. The Morgan fingerprint density at radius 1 is 1.40 bits per heavy atom. The Morgan fingerprint density at radius 2 is 2.20 bits per heavy atom. The fourth-order valence-electron chi connectivity index (χ4n) is 4.26. The van der Waals surface area contributed by atoms with Crippen LogP contribution in [-0.4, -0.2) is 21.7 Å². The zero-order chi connectivity index (χ0) is 14.3. The second-order valence-electron chi connectivity index (χ2n) is 6.73. The minimum atomic E-state index is -0.231. The lowest BCUT2D eigenvalue weighted by Gasteiger charge is -2.29. The van der Waals surface area contributed by atoms with Gasteiger partial charge >= 0.3 is 0 Å². The van der Waals surface area contributed by atoms with Gasteiger partial charge in [-0.25, -0.2) is 0 Å². The molecule has 2 bridgehead atoms. The van der Waals surface area contributed by atoms with Crippen LogP contribution >= 0.6 is 0 Å². The summed E-state index contributed by atoms with van der Waals surface area (Å²) < 4.78 is 1.79. The van der Waals surface area contributed by atoms with Crippen LogP contribution in [0.5, 0.6) is 0 Å². The van der Waals surface area contributed by atoms with E-state index in [1.165, 1.54) is 25.7 Å². The molecule has 0 radical (unpaired) electrons. The highest BCUT2D eigenvalue weighted by atomic mass is 16.2. The summed E-state index contributed by atoms with van der Waals surface area (Å²) in [6.07, 6.45) is 7.21. The molecule has 0 unspecified atom stereocenters. The van der Waals surface area contributed by atoms with Crippen molar-refractivity contribution in [2.45, 2.75) is 58.5 Å². The average molecular weight is 275 g/mol. The molecule has 4 heteroatoms. The fourth-order valence-corrected chi connectivity index (χ4v) is 4.26. The Hall–Kier alpha value is -1.32. The Balaban J connectivity index is 1.60. The first kappa shape index (κ1) is 13.7. The quantitative estimate of drug-likeness (QED) is 0.918.